The molecule has 60 heavy (non-hydrogen) atoms. The SMILES string of the molecule is c1ccc(-c2nc3ccc4ccc5ccc(N(c6ccccc6[Si](c6ccccc6)c6ccccc6)c6c7ccccc7cc7oc8ccccc8c67)cc5c4c3o2)cc1. The molecule has 1 radical (unpaired) electrons. The fraction of sp³-hybridized carbons (Fsp3) is 0. The summed E-state index contributed by atoms with van der Waals surface area (Å²) in [5.74, 6) is 0.614. The van der Waals surface area contributed by atoms with Gasteiger partial charge in [-0.05, 0) is 75.3 Å². The van der Waals surface area contributed by atoms with Gasteiger partial charge >= 0.3 is 0 Å². The van der Waals surface area contributed by atoms with Crippen LogP contribution in [0.25, 0.3) is 76.8 Å². The summed E-state index contributed by atoms with van der Waals surface area (Å²) in [6.45, 7) is 0. The summed E-state index contributed by atoms with van der Waals surface area (Å²) in [4.78, 5) is 7.50. The summed E-state index contributed by atoms with van der Waals surface area (Å²) in [7, 11) is -1.52. The van der Waals surface area contributed by atoms with Crippen LogP contribution < -0.4 is 20.5 Å². The standard InChI is InChI=1S/C55H35N2O2Si/c1-4-16-38(17-5-1)55-56-46-33-31-37-29-28-36-30-32-40(35-45(36)51(37)54(46)59-55)57(53-43-23-11-10-18-39(43)34-49-52(53)44-24-12-14-26-48(44)58-49)47-25-13-15-27-50(47)60(41-19-6-2-7-20-41)42-21-8-3-9-22-42/h1-35H. The Labute approximate surface area is 347 Å². The van der Waals surface area contributed by atoms with Crippen molar-refractivity contribution in [2.24, 2.45) is 0 Å². The van der Waals surface area contributed by atoms with Gasteiger partial charge in [0.15, 0.2) is 14.4 Å². The molecule has 0 aliphatic carbocycles. The number of para-hydroxylation sites is 2. The molecule has 12 rings (SSSR count). The molecule has 0 spiro atoms. The van der Waals surface area contributed by atoms with Crippen LogP contribution in [0.1, 0.15) is 0 Å². The maximum Gasteiger partial charge on any atom is 0.227 e. The predicted molar refractivity (Wildman–Crippen MR) is 251 cm³/mol. The largest absolute Gasteiger partial charge is 0.456 e. The summed E-state index contributed by atoms with van der Waals surface area (Å²) in [6, 6.07) is 76.0. The van der Waals surface area contributed by atoms with E-state index in [1.807, 2.05) is 36.4 Å². The molecule has 0 bridgehead atoms. The van der Waals surface area contributed by atoms with Gasteiger partial charge in [-0.25, -0.2) is 4.98 Å². The van der Waals surface area contributed by atoms with Crippen LogP contribution in [-0.2, 0) is 0 Å². The Morgan fingerprint density at radius 1 is 0.433 bits per heavy atom. The first-order chi connectivity index (χ1) is 29.8. The first kappa shape index (κ1) is 34.3. The minimum atomic E-state index is -1.52. The van der Waals surface area contributed by atoms with Gasteiger partial charge in [0, 0.05) is 33.1 Å². The van der Waals surface area contributed by atoms with Crippen LogP contribution >= 0.6 is 0 Å². The zero-order valence-corrected chi connectivity index (χ0v) is 33.4. The molecule has 0 saturated heterocycles. The monoisotopic (exact) mass is 783 g/mol. The number of fused-ring (bicyclic) bond motifs is 9. The maximum atomic E-state index is 6.71. The Hall–Kier alpha value is -7.73. The van der Waals surface area contributed by atoms with Gasteiger partial charge in [0.1, 0.15) is 16.7 Å². The Bertz CT molecular complexity index is 3520. The second-order valence-electron chi connectivity index (χ2n) is 15.2. The highest BCUT2D eigenvalue weighted by molar-refractivity contribution is 6.96. The summed E-state index contributed by atoms with van der Waals surface area (Å²) < 4.78 is 13.4. The highest BCUT2D eigenvalue weighted by Gasteiger charge is 2.29. The van der Waals surface area contributed by atoms with Crippen molar-refractivity contribution in [1.29, 1.82) is 0 Å². The molecule has 0 amide bonds. The molecular weight excluding hydrogens is 749 g/mol. The van der Waals surface area contributed by atoms with Crippen molar-refractivity contribution in [2.45, 2.75) is 0 Å². The van der Waals surface area contributed by atoms with Crippen LogP contribution in [0.2, 0.25) is 0 Å². The minimum Gasteiger partial charge on any atom is -0.456 e. The van der Waals surface area contributed by atoms with Gasteiger partial charge in [-0.15, -0.1) is 0 Å². The molecular formula is C55H35N2O2Si. The highest BCUT2D eigenvalue weighted by atomic mass is 28.3. The second-order valence-corrected chi connectivity index (χ2v) is 17.7. The molecule has 5 heteroatoms. The van der Waals surface area contributed by atoms with Crippen molar-refractivity contribution >= 4 is 107 Å². The van der Waals surface area contributed by atoms with Crippen molar-refractivity contribution in [1.82, 2.24) is 4.98 Å². The van der Waals surface area contributed by atoms with E-state index < -0.39 is 8.80 Å². The first-order valence-electron chi connectivity index (χ1n) is 20.3. The molecule has 12 aromatic rings. The fourth-order valence-corrected chi connectivity index (χ4v) is 11.8. The minimum absolute atomic E-state index is 0.614. The van der Waals surface area contributed by atoms with E-state index in [-0.39, 0.29) is 0 Å². The van der Waals surface area contributed by atoms with Gasteiger partial charge in [0.25, 0.3) is 0 Å². The number of hydrogen-bond acceptors (Lipinski definition) is 4. The smallest absolute Gasteiger partial charge is 0.227 e. The van der Waals surface area contributed by atoms with E-state index in [0.717, 1.165) is 88.0 Å². The molecule has 0 atom stereocenters. The number of oxazole rings is 1. The molecule has 0 aliphatic heterocycles. The number of furan rings is 1. The first-order valence-corrected chi connectivity index (χ1v) is 21.8. The fourth-order valence-electron chi connectivity index (χ4n) is 9.07. The molecule has 4 nitrogen and oxygen atoms in total. The molecule has 2 aromatic heterocycles. The molecule has 0 fully saturated rings. The predicted octanol–water partition coefficient (Wildman–Crippen LogP) is 12.8. The lowest BCUT2D eigenvalue weighted by Gasteiger charge is -2.32. The summed E-state index contributed by atoms with van der Waals surface area (Å²) in [6.07, 6.45) is 0. The molecule has 2 heterocycles. The maximum absolute atomic E-state index is 6.71. The van der Waals surface area contributed by atoms with Gasteiger partial charge in [-0.1, -0.05) is 174 Å². The summed E-state index contributed by atoms with van der Waals surface area (Å²) in [5, 5.41) is 12.7. The Kier molecular flexibility index (Phi) is 8.00. The van der Waals surface area contributed by atoms with E-state index in [2.05, 4.69) is 181 Å². The van der Waals surface area contributed by atoms with Crippen LogP contribution in [0.5, 0.6) is 0 Å². The van der Waals surface area contributed by atoms with Crippen LogP contribution in [0.15, 0.2) is 221 Å². The van der Waals surface area contributed by atoms with E-state index in [4.69, 9.17) is 13.8 Å². The van der Waals surface area contributed by atoms with Crippen molar-refractivity contribution in [3.8, 4) is 11.5 Å². The van der Waals surface area contributed by atoms with Gasteiger partial charge < -0.3 is 13.7 Å². The molecule has 0 aliphatic rings. The third kappa shape index (κ3) is 5.55. The lowest BCUT2D eigenvalue weighted by Crippen LogP contribution is -2.53. The van der Waals surface area contributed by atoms with Crippen molar-refractivity contribution < 1.29 is 8.83 Å². The van der Waals surface area contributed by atoms with Gasteiger partial charge in [-0.3, -0.25) is 0 Å². The lowest BCUT2D eigenvalue weighted by molar-refractivity contribution is 0.623. The zero-order valence-electron chi connectivity index (χ0n) is 32.4. The topological polar surface area (TPSA) is 42.4 Å². The van der Waals surface area contributed by atoms with Crippen molar-refractivity contribution in [3.63, 3.8) is 0 Å². The second kappa shape index (κ2) is 14.0. The lowest BCUT2D eigenvalue weighted by atomic mass is 9.98. The van der Waals surface area contributed by atoms with Crippen LogP contribution in [0.4, 0.5) is 17.1 Å². The van der Waals surface area contributed by atoms with Gasteiger partial charge in [0.2, 0.25) is 5.89 Å². The van der Waals surface area contributed by atoms with E-state index in [0.29, 0.717) is 5.89 Å². The molecule has 0 N–H and O–H groups in total. The van der Waals surface area contributed by atoms with E-state index in [1.165, 1.54) is 15.6 Å². The van der Waals surface area contributed by atoms with Crippen molar-refractivity contribution in [3.05, 3.63) is 212 Å². The molecule has 0 saturated carbocycles. The quantitative estimate of drug-likeness (QED) is 0.0917. The Morgan fingerprint density at radius 3 is 1.87 bits per heavy atom. The van der Waals surface area contributed by atoms with Crippen LogP contribution in [0, 0.1) is 0 Å². The third-order valence-electron chi connectivity index (χ3n) is 11.7. The number of aromatic nitrogens is 1. The highest BCUT2D eigenvalue weighted by Crippen LogP contribution is 2.48. The number of nitrogens with zero attached hydrogens (tertiary/aromatic N) is 2. The number of hydrogen-bond donors (Lipinski definition) is 0. The average Bonchev–Trinajstić information content (AvgIpc) is 3.92. The van der Waals surface area contributed by atoms with Crippen LogP contribution in [-0.4, -0.2) is 13.8 Å². The third-order valence-corrected chi connectivity index (χ3v) is 14.5. The average molecular weight is 784 g/mol. The van der Waals surface area contributed by atoms with Gasteiger partial charge in [0.05, 0.1) is 11.1 Å². The zero-order chi connectivity index (χ0) is 39.6. The number of rotatable bonds is 7. The number of anilines is 3. The van der Waals surface area contributed by atoms with Crippen molar-refractivity contribution in [2.75, 3.05) is 4.90 Å². The van der Waals surface area contributed by atoms with Gasteiger partial charge in [-0.2, -0.15) is 0 Å². The Balaban J connectivity index is 1.20. The van der Waals surface area contributed by atoms with E-state index in [9.17, 15) is 0 Å². The van der Waals surface area contributed by atoms with Crippen LogP contribution in [0.3, 0.4) is 0 Å². The van der Waals surface area contributed by atoms with E-state index in [1.54, 1.807) is 0 Å². The van der Waals surface area contributed by atoms with E-state index >= 15 is 0 Å². The number of benzene rings is 10. The molecule has 281 valence electrons. The molecule has 10 aromatic carbocycles. The summed E-state index contributed by atoms with van der Waals surface area (Å²) >= 11 is 0. The molecule has 0 unspecified atom stereocenters. The Morgan fingerprint density at radius 2 is 1.07 bits per heavy atom. The normalized spacial score (nSPS) is 11.8. The summed E-state index contributed by atoms with van der Waals surface area (Å²) in [5.41, 5.74) is 7.53.